The summed E-state index contributed by atoms with van der Waals surface area (Å²) in [7, 11) is 0. The molecule has 1 aromatic carbocycles. The summed E-state index contributed by atoms with van der Waals surface area (Å²) in [5.41, 5.74) is 0.740. The van der Waals surface area contributed by atoms with Crippen LogP contribution >= 0.6 is 11.3 Å². The molecule has 1 aliphatic carbocycles. The van der Waals surface area contributed by atoms with Crippen LogP contribution in [0.2, 0.25) is 0 Å². The molecule has 0 bridgehead atoms. The van der Waals surface area contributed by atoms with Crippen molar-refractivity contribution < 1.29 is 9.18 Å². The molecular formula is C22H28FN3OS. The van der Waals surface area contributed by atoms with Crippen LogP contribution in [0.4, 0.5) is 4.39 Å². The Balaban J connectivity index is 1.46. The second-order valence-electron chi connectivity index (χ2n) is 8.07. The number of benzene rings is 1. The van der Waals surface area contributed by atoms with Gasteiger partial charge in [-0.25, -0.2) is 9.37 Å². The van der Waals surface area contributed by atoms with Crippen LogP contribution in [0.3, 0.4) is 0 Å². The molecule has 4 rings (SSSR count). The molecule has 6 heteroatoms. The number of piperidine rings is 1. The summed E-state index contributed by atoms with van der Waals surface area (Å²) in [5.74, 6) is 0.497. The number of hydrogen-bond donors (Lipinski definition) is 1. The number of hydrogen-bond acceptors (Lipinski definition) is 4. The summed E-state index contributed by atoms with van der Waals surface area (Å²) in [4.78, 5) is 19.6. The van der Waals surface area contributed by atoms with Crippen molar-refractivity contribution in [3.05, 3.63) is 52.2 Å². The van der Waals surface area contributed by atoms with Gasteiger partial charge in [0.25, 0.3) is 0 Å². The van der Waals surface area contributed by atoms with E-state index < -0.39 is 0 Å². The summed E-state index contributed by atoms with van der Waals surface area (Å²) < 4.78 is 14.1. The molecule has 150 valence electrons. The van der Waals surface area contributed by atoms with Gasteiger partial charge in [-0.15, -0.1) is 11.3 Å². The average molecular weight is 402 g/mol. The Hall–Kier alpha value is -1.79. The number of likely N-dealkylation sites (tertiary alicyclic amines) is 1. The maximum Gasteiger partial charge on any atom is 0.223 e. The second kappa shape index (κ2) is 9.14. The van der Waals surface area contributed by atoms with Crippen LogP contribution in [0.25, 0.3) is 0 Å². The highest BCUT2D eigenvalue weighted by atomic mass is 32.1. The first-order chi connectivity index (χ1) is 13.7. The fourth-order valence-electron chi connectivity index (χ4n) is 4.60. The topological polar surface area (TPSA) is 45.2 Å². The van der Waals surface area contributed by atoms with Crippen molar-refractivity contribution in [1.82, 2.24) is 15.2 Å². The van der Waals surface area contributed by atoms with E-state index in [4.69, 9.17) is 0 Å². The Kier molecular flexibility index (Phi) is 6.37. The van der Waals surface area contributed by atoms with E-state index in [1.807, 2.05) is 23.7 Å². The molecule has 1 saturated heterocycles. The molecule has 2 unspecified atom stereocenters. The number of thiazole rings is 1. The highest BCUT2D eigenvalue weighted by molar-refractivity contribution is 7.09. The predicted octanol–water partition coefficient (Wildman–Crippen LogP) is 4.54. The molecule has 1 amide bonds. The van der Waals surface area contributed by atoms with E-state index in [1.54, 1.807) is 17.4 Å². The summed E-state index contributed by atoms with van der Waals surface area (Å²) in [6.45, 7) is 2.43. The molecule has 2 heterocycles. The normalized spacial score (nSPS) is 22.2. The number of carbonyl (C=O) groups is 1. The number of carbonyl (C=O) groups excluding carboxylic acids is 1. The van der Waals surface area contributed by atoms with Crippen LogP contribution in [0.5, 0.6) is 0 Å². The van der Waals surface area contributed by atoms with Crippen molar-refractivity contribution in [2.24, 2.45) is 11.8 Å². The molecule has 1 N–H and O–H groups in total. The lowest BCUT2D eigenvalue weighted by Gasteiger charge is -2.37. The lowest BCUT2D eigenvalue weighted by molar-refractivity contribution is -0.126. The van der Waals surface area contributed by atoms with Crippen LogP contribution in [-0.4, -0.2) is 28.9 Å². The Morgan fingerprint density at radius 3 is 2.82 bits per heavy atom. The molecule has 1 saturated carbocycles. The van der Waals surface area contributed by atoms with Crippen LogP contribution < -0.4 is 5.32 Å². The minimum absolute atomic E-state index is 0.0449. The first-order valence-electron chi connectivity index (χ1n) is 10.4. The van der Waals surface area contributed by atoms with Crippen LogP contribution in [-0.2, 0) is 11.3 Å². The molecule has 0 radical (unpaired) electrons. The maximum absolute atomic E-state index is 14.1. The minimum atomic E-state index is -0.143. The van der Waals surface area contributed by atoms with Gasteiger partial charge in [-0.2, -0.15) is 0 Å². The fraction of sp³-hybridized carbons (Fsp3) is 0.545. The van der Waals surface area contributed by atoms with Gasteiger partial charge >= 0.3 is 0 Å². The first-order valence-corrected chi connectivity index (χ1v) is 11.2. The number of amides is 1. The van der Waals surface area contributed by atoms with Gasteiger partial charge in [0.2, 0.25) is 5.91 Å². The average Bonchev–Trinajstić information content (AvgIpc) is 3.42. The van der Waals surface area contributed by atoms with E-state index >= 15 is 0 Å². The monoisotopic (exact) mass is 401 g/mol. The van der Waals surface area contributed by atoms with E-state index in [9.17, 15) is 9.18 Å². The van der Waals surface area contributed by atoms with E-state index in [0.717, 1.165) is 62.2 Å². The van der Waals surface area contributed by atoms with Crippen molar-refractivity contribution in [2.45, 2.75) is 51.1 Å². The maximum atomic E-state index is 14.1. The van der Waals surface area contributed by atoms with Crippen LogP contribution in [0.1, 0.15) is 55.1 Å². The smallest absolute Gasteiger partial charge is 0.223 e. The van der Waals surface area contributed by atoms with Crippen LogP contribution in [0.15, 0.2) is 35.8 Å². The zero-order valence-corrected chi connectivity index (χ0v) is 17.0. The fourth-order valence-corrected chi connectivity index (χ4v) is 5.38. The third-order valence-corrected chi connectivity index (χ3v) is 6.96. The molecule has 1 aromatic heterocycles. The van der Waals surface area contributed by atoms with Gasteiger partial charge < -0.3 is 5.32 Å². The standard InChI is InChI=1S/C22H28FN3OS/c23-19-10-4-3-8-17(19)14-26-12-5-9-18(15-26)20(22-24-11-13-28-22)25-21(27)16-6-1-2-7-16/h3-4,8,10-11,13,16,18,20H,1-2,5-7,9,12,14-15H2,(H,25,27). The molecule has 1 aliphatic heterocycles. The van der Waals surface area contributed by atoms with Crippen molar-refractivity contribution in [2.75, 3.05) is 13.1 Å². The highest BCUT2D eigenvalue weighted by Gasteiger charge is 2.33. The van der Waals surface area contributed by atoms with Crippen molar-refractivity contribution in [3.63, 3.8) is 0 Å². The Morgan fingerprint density at radius 1 is 1.25 bits per heavy atom. The largest absolute Gasteiger partial charge is 0.346 e. The van der Waals surface area contributed by atoms with Crippen molar-refractivity contribution in [1.29, 1.82) is 0 Å². The zero-order chi connectivity index (χ0) is 19.3. The summed E-state index contributed by atoms with van der Waals surface area (Å²) >= 11 is 1.61. The Bertz CT molecular complexity index is 776. The highest BCUT2D eigenvalue weighted by Crippen LogP contribution is 2.33. The number of aromatic nitrogens is 1. The first kappa shape index (κ1) is 19.5. The van der Waals surface area contributed by atoms with E-state index in [-0.39, 0.29) is 23.7 Å². The van der Waals surface area contributed by atoms with Crippen LogP contribution in [0, 0.1) is 17.7 Å². The lowest BCUT2D eigenvalue weighted by Crippen LogP contribution is -2.44. The molecule has 2 fully saturated rings. The van der Waals surface area contributed by atoms with Gasteiger partial charge in [-0.05, 0) is 44.2 Å². The van der Waals surface area contributed by atoms with E-state index in [1.165, 1.54) is 6.07 Å². The second-order valence-corrected chi connectivity index (χ2v) is 8.99. The van der Waals surface area contributed by atoms with Gasteiger partial charge in [0.15, 0.2) is 0 Å². The zero-order valence-electron chi connectivity index (χ0n) is 16.1. The molecule has 28 heavy (non-hydrogen) atoms. The van der Waals surface area contributed by atoms with E-state index in [0.29, 0.717) is 12.5 Å². The number of rotatable bonds is 6. The Labute approximate surface area is 170 Å². The molecule has 0 spiro atoms. The SMILES string of the molecule is O=C(NC(c1nccs1)C1CCCN(Cc2ccccc2F)C1)C1CCCC1. The molecular weight excluding hydrogens is 373 g/mol. The number of halogens is 1. The van der Waals surface area contributed by atoms with Gasteiger partial charge in [0.1, 0.15) is 10.8 Å². The third-order valence-electron chi connectivity index (χ3n) is 6.11. The Morgan fingerprint density at radius 2 is 2.07 bits per heavy atom. The number of nitrogens with one attached hydrogen (secondary N) is 1. The predicted molar refractivity (Wildman–Crippen MR) is 109 cm³/mol. The van der Waals surface area contributed by atoms with Gasteiger partial charge in [-0.3, -0.25) is 9.69 Å². The summed E-state index contributed by atoms with van der Waals surface area (Å²) in [6, 6.07) is 6.96. The van der Waals surface area contributed by atoms with Crippen molar-refractivity contribution in [3.8, 4) is 0 Å². The molecule has 2 aromatic rings. The molecule has 2 atom stereocenters. The minimum Gasteiger partial charge on any atom is -0.346 e. The lowest BCUT2D eigenvalue weighted by atomic mass is 9.90. The molecule has 4 nitrogen and oxygen atoms in total. The third kappa shape index (κ3) is 4.61. The molecule has 2 aliphatic rings. The quantitative estimate of drug-likeness (QED) is 0.773. The van der Waals surface area contributed by atoms with Crippen molar-refractivity contribution >= 4 is 17.2 Å². The summed E-state index contributed by atoms with van der Waals surface area (Å²) in [5, 5.41) is 6.30. The number of nitrogens with zero attached hydrogens (tertiary/aromatic N) is 2. The van der Waals surface area contributed by atoms with E-state index in [2.05, 4.69) is 15.2 Å². The summed E-state index contributed by atoms with van der Waals surface area (Å²) in [6.07, 6.45) is 8.23. The van der Waals surface area contributed by atoms with Gasteiger partial charge in [0.05, 0.1) is 6.04 Å². The van der Waals surface area contributed by atoms with Gasteiger partial charge in [0, 0.05) is 36.1 Å². The van der Waals surface area contributed by atoms with Gasteiger partial charge in [-0.1, -0.05) is 31.0 Å².